The zero-order chi connectivity index (χ0) is 12.3. The summed E-state index contributed by atoms with van der Waals surface area (Å²) in [5.41, 5.74) is 3.96. The van der Waals surface area contributed by atoms with Gasteiger partial charge in [0.2, 0.25) is 0 Å². The van der Waals surface area contributed by atoms with E-state index in [-0.39, 0.29) is 0 Å². The largest absolute Gasteiger partial charge is 0.493 e. The molecule has 2 nitrogen and oxygen atoms in total. The van der Waals surface area contributed by atoms with E-state index in [1.807, 2.05) is 0 Å². The van der Waals surface area contributed by atoms with Crippen molar-refractivity contribution in [2.75, 3.05) is 13.2 Å². The zero-order valence-electron chi connectivity index (χ0n) is 11.2. The fourth-order valence-corrected chi connectivity index (χ4v) is 2.42. The van der Waals surface area contributed by atoms with Crippen LogP contribution in [0.1, 0.15) is 48.9 Å². The lowest BCUT2D eigenvalue weighted by Crippen LogP contribution is -2.21. The number of fused-ring (bicyclic) bond motifs is 1. The summed E-state index contributed by atoms with van der Waals surface area (Å²) in [5, 5.41) is 3.63. The van der Waals surface area contributed by atoms with Gasteiger partial charge < -0.3 is 10.1 Å². The van der Waals surface area contributed by atoms with Gasteiger partial charge in [-0.1, -0.05) is 19.1 Å². The quantitative estimate of drug-likeness (QED) is 0.862. The lowest BCUT2D eigenvalue weighted by molar-refractivity contribution is 0.313. The first-order valence-corrected chi connectivity index (χ1v) is 6.70. The standard InChI is InChI=1S/C15H23NO/c1-4-9-16-14-6-5-10-17-15-12(3)11(2)7-8-13(14)15/h7-8,14,16H,4-6,9-10H2,1-3H3. The first-order chi connectivity index (χ1) is 8.24. The average Bonchev–Trinajstić information content (AvgIpc) is 2.54. The molecule has 1 aromatic rings. The lowest BCUT2D eigenvalue weighted by Gasteiger charge is -2.20. The maximum absolute atomic E-state index is 5.93. The predicted molar refractivity (Wildman–Crippen MR) is 71.7 cm³/mol. The Morgan fingerprint density at radius 2 is 2.18 bits per heavy atom. The number of hydrogen-bond donors (Lipinski definition) is 1. The van der Waals surface area contributed by atoms with Crippen molar-refractivity contribution in [1.82, 2.24) is 5.32 Å². The van der Waals surface area contributed by atoms with Gasteiger partial charge in [-0.25, -0.2) is 0 Å². The first-order valence-electron chi connectivity index (χ1n) is 6.70. The Labute approximate surface area is 104 Å². The molecule has 1 heterocycles. The van der Waals surface area contributed by atoms with Crippen molar-refractivity contribution < 1.29 is 4.74 Å². The van der Waals surface area contributed by atoms with E-state index < -0.39 is 0 Å². The molecule has 1 N–H and O–H groups in total. The summed E-state index contributed by atoms with van der Waals surface area (Å²) < 4.78 is 5.93. The second kappa shape index (κ2) is 5.54. The molecule has 2 rings (SSSR count). The zero-order valence-corrected chi connectivity index (χ0v) is 11.2. The minimum atomic E-state index is 0.465. The van der Waals surface area contributed by atoms with Crippen molar-refractivity contribution in [3.05, 3.63) is 28.8 Å². The van der Waals surface area contributed by atoms with Crippen LogP contribution in [-0.2, 0) is 0 Å². The molecule has 0 saturated heterocycles. The van der Waals surface area contributed by atoms with Gasteiger partial charge >= 0.3 is 0 Å². The van der Waals surface area contributed by atoms with E-state index in [0.29, 0.717) is 6.04 Å². The van der Waals surface area contributed by atoms with Crippen LogP contribution in [0.5, 0.6) is 5.75 Å². The van der Waals surface area contributed by atoms with Crippen molar-refractivity contribution >= 4 is 0 Å². The monoisotopic (exact) mass is 233 g/mol. The average molecular weight is 233 g/mol. The van der Waals surface area contributed by atoms with Crippen LogP contribution in [0.15, 0.2) is 12.1 Å². The molecule has 0 radical (unpaired) electrons. The SMILES string of the molecule is CCCNC1CCCOc2c1ccc(C)c2C. The van der Waals surface area contributed by atoms with E-state index in [9.17, 15) is 0 Å². The van der Waals surface area contributed by atoms with Gasteiger partial charge in [-0.05, 0) is 50.8 Å². The molecule has 0 amide bonds. The van der Waals surface area contributed by atoms with Gasteiger partial charge in [-0.3, -0.25) is 0 Å². The molecule has 1 atom stereocenters. The fraction of sp³-hybridized carbons (Fsp3) is 0.600. The molecule has 1 aliphatic heterocycles. The molecule has 0 aliphatic carbocycles. The maximum Gasteiger partial charge on any atom is 0.127 e. The summed E-state index contributed by atoms with van der Waals surface area (Å²) in [6, 6.07) is 4.91. The van der Waals surface area contributed by atoms with E-state index in [4.69, 9.17) is 4.74 Å². The van der Waals surface area contributed by atoms with Gasteiger partial charge in [0, 0.05) is 11.6 Å². The van der Waals surface area contributed by atoms with Gasteiger partial charge in [0.1, 0.15) is 5.75 Å². The number of nitrogens with one attached hydrogen (secondary N) is 1. The molecule has 0 spiro atoms. The van der Waals surface area contributed by atoms with Crippen LogP contribution in [0, 0.1) is 13.8 Å². The van der Waals surface area contributed by atoms with E-state index in [0.717, 1.165) is 25.3 Å². The molecule has 2 heteroatoms. The van der Waals surface area contributed by atoms with Crippen LogP contribution in [0.3, 0.4) is 0 Å². The highest BCUT2D eigenvalue weighted by molar-refractivity contribution is 5.47. The van der Waals surface area contributed by atoms with E-state index in [2.05, 4.69) is 38.2 Å². The Hall–Kier alpha value is -1.02. The summed E-state index contributed by atoms with van der Waals surface area (Å²) >= 11 is 0. The van der Waals surface area contributed by atoms with Gasteiger partial charge in [0.25, 0.3) is 0 Å². The predicted octanol–water partition coefficient (Wildman–Crippen LogP) is 3.52. The number of benzene rings is 1. The number of aryl methyl sites for hydroxylation is 1. The van der Waals surface area contributed by atoms with Crippen molar-refractivity contribution in [2.45, 2.75) is 46.1 Å². The smallest absolute Gasteiger partial charge is 0.127 e. The van der Waals surface area contributed by atoms with Crippen LogP contribution >= 0.6 is 0 Å². The number of hydrogen-bond acceptors (Lipinski definition) is 2. The Bertz CT molecular complexity index is 387. The van der Waals surface area contributed by atoms with Crippen molar-refractivity contribution in [1.29, 1.82) is 0 Å². The Morgan fingerprint density at radius 3 is 2.94 bits per heavy atom. The van der Waals surface area contributed by atoms with Gasteiger partial charge in [-0.2, -0.15) is 0 Å². The molecule has 1 unspecified atom stereocenters. The molecular weight excluding hydrogens is 210 g/mol. The molecule has 0 bridgehead atoms. The van der Waals surface area contributed by atoms with Crippen LogP contribution in [0.4, 0.5) is 0 Å². The molecule has 17 heavy (non-hydrogen) atoms. The Morgan fingerprint density at radius 1 is 1.35 bits per heavy atom. The summed E-state index contributed by atoms with van der Waals surface area (Å²) in [4.78, 5) is 0. The fourth-order valence-electron chi connectivity index (χ4n) is 2.42. The molecular formula is C15H23NO. The number of rotatable bonds is 3. The highest BCUT2D eigenvalue weighted by Gasteiger charge is 2.20. The van der Waals surface area contributed by atoms with E-state index in [1.54, 1.807) is 0 Å². The summed E-state index contributed by atoms with van der Waals surface area (Å²) in [7, 11) is 0. The highest BCUT2D eigenvalue weighted by Crippen LogP contribution is 2.35. The third-order valence-corrected chi connectivity index (χ3v) is 3.61. The van der Waals surface area contributed by atoms with Gasteiger partial charge in [0.15, 0.2) is 0 Å². The van der Waals surface area contributed by atoms with Crippen LogP contribution < -0.4 is 10.1 Å². The van der Waals surface area contributed by atoms with Crippen LogP contribution in [-0.4, -0.2) is 13.2 Å². The minimum Gasteiger partial charge on any atom is -0.493 e. The summed E-state index contributed by atoms with van der Waals surface area (Å²) in [6.45, 7) is 8.45. The van der Waals surface area contributed by atoms with E-state index in [1.165, 1.54) is 29.5 Å². The van der Waals surface area contributed by atoms with Gasteiger partial charge in [0.05, 0.1) is 6.61 Å². The molecule has 0 saturated carbocycles. The van der Waals surface area contributed by atoms with Crippen molar-refractivity contribution in [2.24, 2.45) is 0 Å². The normalized spacial score (nSPS) is 19.4. The topological polar surface area (TPSA) is 21.3 Å². The third-order valence-electron chi connectivity index (χ3n) is 3.61. The van der Waals surface area contributed by atoms with Crippen LogP contribution in [0.2, 0.25) is 0 Å². The summed E-state index contributed by atoms with van der Waals surface area (Å²) in [5.74, 6) is 1.12. The molecule has 1 aromatic carbocycles. The first kappa shape index (κ1) is 12.4. The Kier molecular flexibility index (Phi) is 4.06. The highest BCUT2D eigenvalue weighted by atomic mass is 16.5. The van der Waals surface area contributed by atoms with Crippen molar-refractivity contribution in [3.63, 3.8) is 0 Å². The molecule has 94 valence electrons. The third kappa shape index (κ3) is 2.63. The minimum absolute atomic E-state index is 0.465. The van der Waals surface area contributed by atoms with E-state index >= 15 is 0 Å². The second-order valence-electron chi connectivity index (χ2n) is 4.92. The van der Waals surface area contributed by atoms with Crippen molar-refractivity contribution in [3.8, 4) is 5.75 Å². The summed E-state index contributed by atoms with van der Waals surface area (Å²) in [6.07, 6.45) is 3.49. The number of ether oxygens (including phenoxy) is 1. The molecule has 0 fully saturated rings. The van der Waals surface area contributed by atoms with Gasteiger partial charge in [-0.15, -0.1) is 0 Å². The Balaban J connectivity index is 2.32. The second-order valence-corrected chi connectivity index (χ2v) is 4.92. The molecule has 1 aliphatic rings. The maximum atomic E-state index is 5.93. The molecule has 0 aromatic heterocycles. The lowest BCUT2D eigenvalue weighted by atomic mass is 9.97. The van der Waals surface area contributed by atoms with Crippen LogP contribution in [0.25, 0.3) is 0 Å².